The van der Waals surface area contributed by atoms with Crippen molar-refractivity contribution in [2.24, 2.45) is 0 Å². The van der Waals surface area contributed by atoms with Crippen molar-refractivity contribution in [3.63, 3.8) is 0 Å². The second-order valence-electron chi connectivity index (χ2n) is 7.22. The van der Waals surface area contributed by atoms with E-state index in [9.17, 15) is 9.59 Å². The summed E-state index contributed by atoms with van der Waals surface area (Å²) in [5, 5.41) is 2.76. The first-order chi connectivity index (χ1) is 15.6. The summed E-state index contributed by atoms with van der Waals surface area (Å²) in [7, 11) is 0. The third-order valence-electron chi connectivity index (χ3n) is 4.90. The summed E-state index contributed by atoms with van der Waals surface area (Å²) in [6.07, 6.45) is -0.973. The van der Waals surface area contributed by atoms with Crippen LogP contribution in [0.2, 0.25) is 0 Å². The highest BCUT2D eigenvalue weighted by atomic mass is 16.7. The Morgan fingerprint density at radius 2 is 1.69 bits per heavy atom. The molecule has 7 heteroatoms. The lowest BCUT2D eigenvalue weighted by Crippen LogP contribution is -2.35. The first kappa shape index (κ1) is 21.2. The van der Waals surface area contributed by atoms with Gasteiger partial charge in [0, 0.05) is 6.54 Å². The maximum atomic E-state index is 12.7. The Bertz CT molecular complexity index is 1100. The molecule has 1 amide bonds. The highest BCUT2D eigenvalue weighted by Crippen LogP contribution is 2.32. The van der Waals surface area contributed by atoms with Gasteiger partial charge in [-0.3, -0.25) is 4.79 Å². The van der Waals surface area contributed by atoms with Gasteiger partial charge in [-0.05, 0) is 42.3 Å². The molecule has 7 nitrogen and oxygen atoms in total. The topological polar surface area (TPSA) is 83.1 Å². The molecule has 32 heavy (non-hydrogen) atoms. The summed E-state index contributed by atoms with van der Waals surface area (Å²) in [4.78, 5) is 25.1. The Hall–Kier alpha value is -4.00. The number of carbonyl (C=O) groups is 2. The van der Waals surface area contributed by atoms with E-state index in [1.165, 1.54) is 6.92 Å². The lowest BCUT2D eigenvalue weighted by Gasteiger charge is -2.15. The number of esters is 1. The SMILES string of the molecule is CC(OC(=O)c1ccccc1OCc1ccccc1)C(=O)NCc1ccc2c(c1)OCO2. The Balaban J connectivity index is 1.32. The molecule has 0 fully saturated rings. The normalized spacial score (nSPS) is 12.7. The molecule has 0 saturated heterocycles. The molecule has 0 spiro atoms. The maximum Gasteiger partial charge on any atom is 0.342 e. The number of hydrogen-bond acceptors (Lipinski definition) is 6. The zero-order valence-corrected chi connectivity index (χ0v) is 17.6. The highest BCUT2D eigenvalue weighted by Gasteiger charge is 2.21. The Morgan fingerprint density at radius 3 is 2.53 bits per heavy atom. The minimum atomic E-state index is -0.973. The van der Waals surface area contributed by atoms with Crippen LogP contribution in [0.4, 0.5) is 0 Å². The summed E-state index contributed by atoms with van der Waals surface area (Å²) in [5.74, 6) is 0.686. The summed E-state index contributed by atoms with van der Waals surface area (Å²) in [6.45, 7) is 2.31. The van der Waals surface area contributed by atoms with Crippen LogP contribution in [0.3, 0.4) is 0 Å². The van der Waals surface area contributed by atoms with Gasteiger partial charge in [0.2, 0.25) is 6.79 Å². The third-order valence-corrected chi connectivity index (χ3v) is 4.90. The predicted molar refractivity (Wildman–Crippen MR) is 117 cm³/mol. The number of benzene rings is 3. The van der Waals surface area contributed by atoms with Crippen LogP contribution in [-0.4, -0.2) is 24.8 Å². The Morgan fingerprint density at radius 1 is 0.938 bits per heavy atom. The fourth-order valence-corrected chi connectivity index (χ4v) is 3.16. The van der Waals surface area contributed by atoms with Crippen molar-refractivity contribution in [2.75, 3.05) is 6.79 Å². The molecular formula is C25H23NO6. The molecule has 1 unspecified atom stereocenters. The van der Waals surface area contributed by atoms with E-state index in [2.05, 4.69) is 5.32 Å². The minimum absolute atomic E-state index is 0.189. The molecule has 4 rings (SSSR count). The fourth-order valence-electron chi connectivity index (χ4n) is 3.16. The third kappa shape index (κ3) is 5.18. The van der Waals surface area contributed by atoms with Crippen molar-refractivity contribution < 1.29 is 28.5 Å². The Labute approximate surface area is 185 Å². The standard InChI is InChI=1S/C25H23NO6/c1-17(24(27)26-14-19-11-12-22-23(13-19)31-16-30-22)32-25(28)20-9-5-6-10-21(20)29-15-18-7-3-2-4-8-18/h2-13,17H,14-16H2,1H3,(H,26,27). The van der Waals surface area contributed by atoms with E-state index in [1.54, 1.807) is 36.4 Å². The van der Waals surface area contributed by atoms with E-state index in [1.807, 2.05) is 36.4 Å². The average molecular weight is 433 g/mol. The largest absolute Gasteiger partial charge is 0.488 e. The van der Waals surface area contributed by atoms with Gasteiger partial charge in [0.05, 0.1) is 0 Å². The van der Waals surface area contributed by atoms with E-state index in [4.69, 9.17) is 18.9 Å². The predicted octanol–water partition coefficient (Wildman–Crippen LogP) is 3.86. The molecule has 1 aliphatic rings. The summed E-state index contributed by atoms with van der Waals surface area (Å²) >= 11 is 0. The zero-order valence-electron chi connectivity index (χ0n) is 17.6. The minimum Gasteiger partial charge on any atom is -0.488 e. The van der Waals surface area contributed by atoms with Crippen LogP contribution < -0.4 is 19.5 Å². The number of nitrogens with one attached hydrogen (secondary N) is 1. The van der Waals surface area contributed by atoms with Crippen LogP contribution in [0.25, 0.3) is 0 Å². The maximum absolute atomic E-state index is 12.7. The average Bonchev–Trinajstić information content (AvgIpc) is 3.30. The second kappa shape index (κ2) is 9.87. The van der Waals surface area contributed by atoms with Gasteiger partial charge in [0.1, 0.15) is 17.9 Å². The van der Waals surface area contributed by atoms with Crippen LogP contribution in [0.15, 0.2) is 72.8 Å². The van der Waals surface area contributed by atoms with E-state index in [0.717, 1.165) is 11.1 Å². The molecular weight excluding hydrogens is 410 g/mol. The van der Waals surface area contributed by atoms with Crippen molar-refractivity contribution in [3.05, 3.63) is 89.5 Å². The van der Waals surface area contributed by atoms with Crippen LogP contribution in [0.5, 0.6) is 17.2 Å². The lowest BCUT2D eigenvalue weighted by molar-refractivity contribution is -0.129. The molecule has 1 N–H and O–H groups in total. The molecule has 1 aliphatic heterocycles. The van der Waals surface area contributed by atoms with Crippen LogP contribution in [-0.2, 0) is 22.7 Å². The number of para-hydroxylation sites is 1. The van der Waals surface area contributed by atoms with E-state index in [-0.39, 0.29) is 18.9 Å². The van der Waals surface area contributed by atoms with E-state index >= 15 is 0 Å². The van der Waals surface area contributed by atoms with Gasteiger partial charge >= 0.3 is 5.97 Å². The number of rotatable bonds is 8. The summed E-state index contributed by atoms with van der Waals surface area (Å²) in [6, 6.07) is 21.9. The molecule has 0 radical (unpaired) electrons. The van der Waals surface area contributed by atoms with Crippen molar-refractivity contribution in [1.82, 2.24) is 5.32 Å². The van der Waals surface area contributed by atoms with E-state index in [0.29, 0.717) is 23.9 Å². The quantitative estimate of drug-likeness (QED) is 0.544. The fraction of sp³-hybridized carbons (Fsp3) is 0.200. The molecule has 3 aromatic rings. The molecule has 0 aromatic heterocycles. The van der Waals surface area contributed by atoms with Gasteiger partial charge in [-0.25, -0.2) is 4.79 Å². The molecule has 3 aromatic carbocycles. The van der Waals surface area contributed by atoms with Gasteiger partial charge in [-0.2, -0.15) is 0 Å². The number of fused-ring (bicyclic) bond motifs is 1. The monoisotopic (exact) mass is 433 g/mol. The van der Waals surface area contributed by atoms with Crippen molar-refractivity contribution in [1.29, 1.82) is 0 Å². The molecule has 0 saturated carbocycles. The molecule has 1 heterocycles. The number of amides is 1. The molecule has 0 aliphatic carbocycles. The number of hydrogen-bond donors (Lipinski definition) is 1. The van der Waals surface area contributed by atoms with Crippen molar-refractivity contribution >= 4 is 11.9 Å². The smallest absolute Gasteiger partial charge is 0.342 e. The van der Waals surface area contributed by atoms with Gasteiger partial charge < -0.3 is 24.3 Å². The van der Waals surface area contributed by atoms with Gasteiger partial charge in [0.15, 0.2) is 17.6 Å². The second-order valence-corrected chi connectivity index (χ2v) is 7.22. The van der Waals surface area contributed by atoms with Crippen LogP contribution >= 0.6 is 0 Å². The van der Waals surface area contributed by atoms with Gasteiger partial charge in [-0.1, -0.05) is 48.5 Å². The van der Waals surface area contributed by atoms with Gasteiger partial charge in [-0.15, -0.1) is 0 Å². The molecule has 0 bridgehead atoms. The molecule has 164 valence electrons. The van der Waals surface area contributed by atoms with Crippen molar-refractivity contribution in [3.8, 4) is 17.2 Å². The molecule has 1 atom stereocenters. The number of carbonyl (C=O) groups excluding carboxylic acids is 2. The van der Waals surface area contributed by atoms with Gasteiger partial charge in [0.25, 0.3) is 5.91 Å². The van der Waals surface area contributed by atoms with Crippen LogP contribution in [0, 0.1) is 0 Å². The van der Waals surface area contributed by atoms with E-state index < -0.39 is 18.0 Å². The Kier molecular flexibility index (Phi) is 6.55. The highest BCUT2D eigenvalue weighted by molar-refractivity contribution is 5.94. The zero-order chi connectivity index (χ0) is 22.3. The summed E-state index contributed by atoms with van der Waals surface area (Å²) < 4.78 is 21.8. The summed E-state index contributed by atoms with van der Waals surface area (Å²) in [5.41, 5.74) is 2.09. The van der Waals surface area contributed by atoms with Crippen LogP contribution in [0.1, 0.15) is 28.4 Å². The lowest BCUT2D eigenvalue weighted by atomic mass is 10.2. The first-order valence-corrected chi connectivity index (χ1v) is 10.2. The number of ether oxygens (including phenoxy) is 4. The van der Waals surface area contributed by atoms with Crippen molar-refractivity contribution in [2.45, 2.75) is 26.2 Å². The first-order valence-electron chi connectivity index (χ1n) is 10.2.